The number of halogens is 2. The van der Waals surface area contributed by atoms with Crippen LogP contribution in [0.2, 0.25) is 0 Å². The number of nitrogens with one attached hydrogen (secondary N) is 1. The second kappa shape index (κ2) is 4.69. The second-order valence-electron chi connectivity index (χ2n) is 3.38. The molecule has 0 bridgehead atoms. The first-order valence-electron chi connectivity index (χ1n) is 4.89. The average molecular weight is 270 g/mol. The molecule has 0 aliphatic heterocycles. The first-order valence-corrected chi connectivity index (χ1v) is 6.37. The van der Waals surface area contributed by atoms with Crippen molar-refractivity contribution in [2.75, 3.05) is 4.72 Å². The van der Waals surface area contributed by atoms with E-state index in [2.05, 4.69) is 4.98 Å². The van der Waals surface area contributed by atoms with Crippen LogP contribution in [0, 0.1) is 11.8 Å². The molecule has 7 heteroatoms. The molecule has 0 radical (unpaired) electrons. The quantitative estimate of drug-likeness (QED) is 0.869. The molecular weight excluding hydrogens is 262 g/mol. The number of aromatic nitrogens is 1. The van der Waals surface area contributed by atoms with Crippen molar-refractivity contribution in [3.8, 4) is 0 Å². The average Bonchev–Trinajstić information content (AvgIpc) is 2.28. The number of rotatable bonds is 3. The van der Waals surface area contributed by atoms with Gasteiger partial charge in [-0.15, -0.1) is 0 Å². The predicted molar refractivity (Wildman–Crippen MR) is 61.4 cm³/mol. The summed E-state index contributed by atoms with van der Waals surface area (Å²) in [5.41, 5.74) is 0. The minimum absolute atomic E-state index is 0.210. The van der Waals surface area contributed by atoms with E-state index in [1.807, 2.05) is 4.72 Å². The molecule has 0 fully saturated rings. The zero-order valence-electron chi connectivity index (χ0n) is 8.97. The van der Waals surface area contributed by atoms with Crippen LogP contribution < -0.4 is 4.72 Å². The molecule has 0 atom stereocenters. The smallest absolute Gasteiger partial charge is 0.263 e. The van der Waals surface area contributed by atoms with Gasteiger partial charge in [0.1, 0.15) is 16.5 Å². The number of nitrogens with zero attached hydrogens (tertiary/aromatic N) is 1. The Morgan fingerprint density at radius 3 is 2.39 bits per heavy atom. The van der Waals surface area contributed by atoms with E-state index in [1.54, 1.807) is 0 Å². The van der Waals surface area contributed by atoms with Crippen molar-refractivity contribution in [3.05, 3.63) is 54.2 Å². The highest BCUT2D eigenvalue weighted by atomic mass is 32.2. The van der Waals surface area contributed by atoms with Crippen LogP contribution in [0.1, 0.15) is 0 Å². The first-order chi connectivity index (χ1) is 8.49. The zero-order chi connectivity index (χ0) is 13.2. The summed E-state index contributed by atoms with van der Waals surface area (Å²) < 4.78 is 51.8. The molecular formula is C11H8F2N2O2S. The van der Waals surface area contributed by atoms with Gasteiger partial charge < -0.3 is 0 Å². The maximum absolute atomic E-state index is 13.4. The maximum Gasteiger partial charge on any atom is 0.265 e. The number of anilines is 1. The van der Waals surface area contributed by atoms with Crippen LogP contribution in [0.3, 0.4) is 0 Å². The third-order valence-electron chi connectivity index (χ3n) is 2.08. The van der Waals surface area contributed by atoms with E-state index in [1.165, 1.54) is 24.3 Å². The van der Waals surface area contributed by atoms with Crippen molar-refractivity contribution in [3.63, 3.8) is 0 Å². The standard InChI is InChI=1S/C11H8F2N2O2S/c12-8-4-1-2-5-9(8)18(16,17)15-11-7-3-6-10(13)14-11/h1-7H,(H,14,15). The van der Waals surface area contributed by atoms with Crippen molar-refractivity contribution in [2.24, 2.45) is 0 Å². The third-order valence-corrected chi connectivity index (χ3v) is 3.47. The molecule has 2 aromatic rings. The summed E-state index contributed by atoms with van der Waals surface area (Å²) in [7, 11) is -4.11. The fraction of sp³-hybridized carbons (Fsp3) is 0. The highest BCUT2D eigenvalue weighted by Gasteiger charge is 2.19. The molecule has 0 aliphatic carbocycles. The molecule has 18 heavy (non-hydrogen) atoms. The number of benzene rings is 1. The van der Waals surface area contributed by atoms with Crippen molar-refractivity contribution >= 4 is 15.8 Å². The Hall–Kier alpha value is -2.02. The molecule has 0 saturated carbocycles. The lowest BCUT2D eigenvalue weighted by molar-refractivity contribution is 0.569. The second-order valence-corrected chi connectivity index (χ2v) is 5.03. The van der Waals surface area contributed by atoms with Gasteiger partial charge >= 0.3 is 0 Å². The topological polar surface area (TPSA) is 59.1 Å². The van der Waals surface area contributed by atoms with Crippen LogP contribution in [0.15, 0.2) is 47.4 Å². The minimum Gasteiger partial charge on any atom is -0.263 e. The van der Waals surface area contributed by atoms with E-state index < -0.39 is 26.7 Å². The van der Waals surface area contributed by atoms with Crippen LogP contribution in [0.5, 0.6) is 0 Å². The van der Waals surface area contributed by atoms with Gasteiger partial charge in [0.05, 0.1) is 0 Å². The normalized spacial score (nSPS) is 11.2. The van der Waals surface area contributed by atoms with Gasteiger partial charge in [-0.05, 0) is 24.3 Å². The molecule has 1 aromatic heterocycles. The van der Waals surface area contributed by atoms with Crippen molar-refractivity contribution in [1.82, 2.24) is 4.98 Å². The largest absolute Gasteiger partial charge is 0.265 e. The van der Waals surface area contributed by atoms with E-state index in [4.69, 9.17) is 0 Å². The Balaban J connectivity index is 2.37. The van der Waals surface area contributed by atoms with E-state index in [0.717, 1.165) is 18.2 Å². The lowest BCUT2D eigenvalue weighted by Gasteiger charge is -2.07. The Kier molecular flexibility index (Phi) is 3.24. The van der Waals surface area contributed by atoms with E-state index in [-0.39, 0.29) is 5.82 Å². The molecule has 1 aromatic carbocycles. The Bertz CT molecular complexity index is 674. The fourth-order valence-electron chi connectivity index (χ4n) is 1.32. The summed E-state index contributed by atoms with van der Waals surface area (Å²) in [4.78, 5) is 2.82. The first kappa shape index (κ1) is 12.4. The molecule has 0 spiro atoms. The van der Waals surface area contributed by atoms with Gasteiger partial charge in [-0.3, -0.25) is 4.72 Å². The summed E-state index contributed by atoms with van der Waals surface area (Å²) in [5.74, 6) is -1.93. The van der Waals surface area contributed by atoms with Crippen LogP contribution in [0.4, 0.5) is 14.6 Å². The van der Waals surface area contributed by atoms with Gasteiger partial charge in [0.25, 0.3) is 10.0 Å². The maximum atomic E-state index is 13.4. The van der Waals surface area contributed by atoms with E-state index in [0.29, 0.717) is 0 Å². The SMILES string of the molecule is O=S(=O)(Nc1cccc(F)n1)c1ccccc1F. The lowest BCUT2D eigenvalue weighted by atomic mass is 10.4. The van der Waals surface area contributed by atoms with Gasteiger partial charge in [-0.1, -0.05) is 18.2 Å². The molecule has 0 unspecified atom stereocenters. The van der Waals surface area contributed by atoms with Crippen LogP contribution in [-0.4, -0.2) is 13.4 Å². The number of pyridine rings is 1. The molecule has 1 heterocycles. The van der Waals surface area contributed by atoms with E-state index >= 15 is 0 Å². The molecule has 0 aliphatic rings. The monoisotopic (exact) mass is 270 g/mol. The molecule has 2 rings (SSSR count). The summed E-state index contributed by atoms with van der Waals surface area (Å²) in [6, 6.07) is 8.51. The van der Waals surface area contributed by atoms with Crippen molar-refractivity contribution in [2.45, 2.75) is 4.90 Å². The summed E-state index contributed by atoms with van der Waals surface area (Å²) in [5, 5.41) is 0. The number of sulfonamides is 1. The predicted octanol–water partition coefficient (Wildman–Crippen LogP) is 2.16. The lowest BCUT2D eigenvalue weighted by Crippen LogP contribution is -2.15. The van der Waals surface area contributed by atoms with Gasteiger partial charge in [0.15, 0.2) is 0 Å². The number of hydrogen-bond acceptors (Lipinski definition) is 3. The molecule has 4 nitrogen and oxygen atoms in total. The van der Waals surface area contributed by atoms with Crippen molar-refractivity contribution in [1.29, 1.82) is 0 Å². The number of hydrogen-bond donors (Lipinski definition) is 1. The summed E-state index contributed by atoms with van der Waals surface area (Å²) in [6.45, 7) is 0. The van der Waals surface area contributed by atoms with Gasteiger partial charge in [-0.2, -0.15) is 4.39 Å². The van der Waals surface area contributed by atoms with Crippen LogP contribution in [-0.2, 0) is 10.0 Å². The molecule has 0 amide bonds. The molecule has 94 valence electrons. The van der Waals surface area contributed by atoms with Gasteiger partial charge in [0, 0.05) is 0 Å². The third kappa shape index (κ3) is 2.62. The summed E-state index contributed by atoms with van der Waals surface area (Å²) >= 11 is 0. The van der Waals surface area contributed by atoms with Crippen LogP contribution >= 0.6 is 0 Å². The Morgan fingerprint density at radius 2 is 1.72 bits per heavy atom. The van der Waals surface area contributed by atoms with Gasteiger partial charge in [-0.25, -0.2) is 17.8 Å². The van der Waals surface area contributed by atoms with E-state index in [9.17, 15) is 17.2 Å². The van der Waals surface area contributed by atoms with Gasteiger partial charge in [0.2, 0.25) is 5.95 Å². The molecule has 0 saturated heterocycles. The molecule has 1 N–H and O–H groups in total. The van der Waals surface area contributed by atoms with Crippen LogP contribution in [0.25, 0.3) is 0 Å². The zero-order valence-corrected chi connectivity index (χ0v) is 9.79. The highest BCUT2D eigenvalue weighted by molar-refractivity contribution is 7.92. The summed E-state index contributed by atoms with van der Waals surface area (Å²) in [6.07, 6.45) is 0. The fourth-order valence-corrected chi connectivity index (χ4v) is 2.40. The highest BCUT2D eigenvalue weighted by Crippen LogP contribution is 2.17. The Morgan fingerprint density at radius 1 is 1.00 bits per heavy atom. The Labute approximate surface area is 102 Å². The minimum atomic E-state index is -4.11. The van der Waals surface area contributed by atoms with Crippen molar-refractivity contribution < 1.29 is 17.2 Å².